The van der Waals surface area contributed by atoms with Crippen molar-refractivity contribution in [3.05, 3.63) is 377 Å². The Kier molecular flexibility index (Phi) is 14.9. The number of hydrogen-bond donors (Lipinski definition) is 0. The van der Waals surface area contributed by atoms with Gasteiger partial charge in [0.05, 0.1) is 89.7 Å². The first-order valence-electron chi connectivity index (χ1n) is 39.2. The lowest BCUT2D eigenvalue weighted by Gasteiger charge is -2.12. The normalized spacial score (nSPS) is 11.9. The maximum Gasteiger partial charge on any atom is 0.235 e. The highest BCUT2D eigenvalue weighted by atomic mass is 32.1. The zero-order valence-corrected chi connectivity index (χ0v) is 63.4. The van der Waals surface area contributed by atoms with Crippen molar-refractivity contribution in [1.29, 1.82) is 0 Å². The lowest BCUT2D eigenvalue weighted by Crippen LogP contribution is -2.04. The quantitative estimate of drug-likeness (QED) is 0.117. The molecule has 544 valence electrons. The van der Waals surface area contributed by atoms with Crippen molar-refractivity contribution in [3.63, 3.8) is 0 Å². The summed E-state index contributed by atoms with van der Waals surface area (Å²) in [4.78, 5) is 39.2. The summed E-state index contributed by atoms with van der Waals surface area (Å²) in [5, 5.41) is 17.2. The molecule has 25 rings (SSSR count). The van der Waals surface area contributed by atoms with E-state index in [0.29, 0.717) is 11.9 Å². The molecule has 11 heterocycles. The molecule has 0 saturated carbocycles. The topological polar surface area (TPSA) is 123 Å². The summed E-state index contributed by atoms with van der Waals surface area (Å²) < 4.78 is 11.9. The van der Waals surface area contributed by atoms with Gasteiger partial charge in [0, 0.05) is 99.4 Å². The van der Waals surface area contributed by atoms with E-state index in [4.69, 9.17) is 19.9 Å². The number of thiophene rings is 1. The molecule has 0 radical (unpaired) electrons. The van der Waals surface area contributed by atoms with Crippen molar-refractivity contribution >= 4 is 140 Å². The van der Waals surface area contributed by atoms with Crippen LogP contribution in [-0.4, -0.2) is 58.1 Å². The maximum atomic E-state index is 5.16. The molecule has 0 saturated heterocycles. The fraction of sp³-hybridized carbons (Fsp3) is 0. The minimum Gasteiger partial charge on any atom is -0.309 e. The number of nitrogens with zero attached hydrogens (tertiary/aromatic N) is 12. The van der Waals surface area contributed by atoms with Crippen LogP contribution < -0.4 is 0 Å². The van der Waals surface area contributed by atoms with Crippen molar-refractivity contribution < 1.29 is 0 Å². The van der Waals surface area contributed by atoms with E-state index in [1.807, 2.05) is 96.3 Å². The fourth-order valence-corrected chi connectivity index (χ4v) is 19.2. The first-order valence-corrected chi connectivity index (χ1v) is 40.0. The molecule has 0 bridgehead atoms. The fourth-order valence-electron chi connectivity index (χ4n) is 18.1. The summed E-state index contributed by atoms with van der Waals surface area (Å²) in [5.41, 5.74) is 24.4. The largest absolute Gasteiger partial charge is 0.309 e. The lowest BCUT2D eigenvalue weighted by molar-refractivity contribution is 0.988. The number of hydrogen-bond acceptors (Lipinski definition) is 9. The zero-order chi connectivity index (χ0) is 76.8. The van der Waals surface area contributed by atoms with Gasteiger partial charge in [-0.05, 0) is 213 Å². The molecule has 25 aromatic rings. The van der Waals surface area contributed by atoms with E-state index in [1.165, 1.54) is 113 Å². The zero-order valence-electron chi connectivity index (χ0n) is 62.6. The van der Waals surface area contributed by atoms with Gasteiger partial charge < -0.3 is 9.13 Å². The standard InChI is InChI=1S/C52H30N6S.C52H32N6/c1-3-15-44-35(11-1)38-28-32(19-23-45(38)58(44)52-55-42(40-13-5-7-26-53-40)30-43(56-52)41-14-6-8-27-54-41)34-22-24-47-51-37(34)21-18-31-10-9-16-46(50(31)51)57(47)33-20-25-49-39(29-33)36-12-2-4-17-48(36)59-49;1-2-12-33(13-3-1)35-15-10-16-37(30-35)57-48-21-11-14-34-22-24-40-38(25-27-49(57)51(40)50(34)48)36-23-26-47-41(31-36)39-17-4-5-20-46(39)58(47)52-55-44(42-18-6-8-28-53-42)32-45(56-52)43-19-7-9-29-54-43/h1-30H;1-32H. The van der Waals surface area contributed by atoms with E-state index in [1.54, 1.807) is 24.8 Å². The first-order chi connectivity index (χ1) is 58.0. The Morgan fingerprint density at radius 2 is 0.598 bits per heavy atom. The Morgan fingerprint density at radius 1 is 0.197 bits per heavy atom. The van der Waals surface area contributed by atoms with Crippen molar-refractivity contribution in [2.75, 3.05) is 0 Å². The van der Waals surface area contributed by atoms with Crippen LogP contribution in [0, 0.1) is 0 Å². The molecule has 0 N–H and O–H groups in total. The lowest BCUT2D eigenvalue weighted by atomic mass is 9.94. The van der Waals surface area contributed by atoms with Crippen molar-refractivity contribution in [2.24, 2.45) is 0 Å². The Hall–Kier alpha value is -15.7. The Labute approximate surface area is 672 Å². The molecule has 13 heteroatoms. The molecule has 117 heavy (non-hydrogen) atoms. The summed E-state index contributed by atoms with van der Waals surface area (Å²) in [6.45, 7) is 0. The number of fused-ring (bicyclic) bond motifs is 9. The van der Waals surface area contributed by atoms with Crippen molar-refractivity contribution in [3.8, 4) is 102 Å². The van der Waals surface area contributed by atoms with E-state index in [9.17, 15) is 0 Å². The summed E-state index contributed by atoms with van der Waals surface area (Å²) in [6, 6.07) is 125. The summed E-state index contributed by atoms with van der Waals surface area (Å²) in [7, 11) is 0. The van der Waals surface area contributed by atoms with Gasteiger partial charge in [0.2, 0.25) is 11.9 Å². The Morgan fingerprint density at radius 3 is 1.09 bits per heavy atom. The van der Waals surface area contributed by atoms with Crippen LogP contribution in [0.25, 0.3) is 231 Å². The van der Waals surface area contributed by atoms with Gasteiger partial charge in [-0.2, -0.15) is 0 Å². The highest BCUT2D eigenvalue weighted by Crippen LogP contribution is 2.48. The van der Waals surface area contributed by atoms with E-state index in [0.717, 1.165) is 106 Å². The Bertz CT molecular complexity index is 8140. The van der Waals surface area contributed by atoms with Crippen LogP contribution in [0.3, 0.4) is 0 Å². The van der Waals surface area contributed by atoms with E-state index < -0.39 is 0 Å². The minimum atomic E-state index is 0.568. The average molecular weight is 1510 g/mol. The van der Waals surface area contributed by atoms with Crippen LogP contribution in [0.15, 0.2) is 377 Å². The van der Waals surface area contributed by atoms with Crippen LogP contribution >= 0.6 is 11.3 Å². The molecule has 11 aromatic heterocycles. The van der Waals surface area contributed by atoms with Gasteiger partial charge in [-0.15, -0.1) is 11.3 Å². The van der Waals surface area contributed by atoms with Crippen LogP contribution in [-0.2, 0) is 0 Å². The molecule has 0 aliphatic rings. The molecule has 12 nitrogen and oxygen atoms in total. The molecule has 0 amide bonds. The van der Waals surface area contributed by atoms with Gasteiger partial charge in [0.1, 0.15) is 0 Å². The highest BCUT2D eigenvalue weighted by molar-refractivity contribution is 7.25. The second-order valence-electron chi connectivity index (χ2n) is 29.8. The summed E-state index contributed by atoms with van der Waals surface area (Å²) >= 11 is 1.86. The molecule has 0 aliphatic heterocycles. The SMILES string of the molecule is c1ccc(-c2cc(-c3ccccn3)nc(-n3c4ccccc4c4cc(-c5ccc6c7c5ccc5cccc(c57)n6-c5ccc6sc7ccccc7c6c5)ccc43)n2)nc1.c1ccc(-c2cccc(-n3c4cccc5ccc6c(-c7ccc8c(c7)c7ccccc7n8-c7nc(-c8ccccn8)cc(-c8ccccn8)n7)ccc3c6c54)c2)cc1. The summed E-state index contributed by atoms with van der Waals surface area (Å²) in [5.74, 6) is 1.14. The average Bonchev–Trinajstić information content (AvgIpc) is 1.56. The van der Waals surface area contributed by atoms with Gasteiger partial charge in [-0.1, -0.05) is 194 Å². The van der Waals surface area contributed by atoms with Gasteiger partial charge in [0.25, 0.3) is 0 Å². The van der Waals surface area contributed by atoms with E-state index >= 15 is 0 Å². The van der Waals surface area contributed by atoms with E-state index in [-0.39, 0.29) is 0 Å². The summed E-state index contributed by atoms with van der Waals surface area (Å²) in [6.07, 6.45) is 7.18. The number of pyridine rings is 4. The van der Waals surface area contributed by atoms with Gasteiger partial charge in [-0.25, -0.2) is 19.9 Å². The smallest absolute Gasteiger partial charge is 0.235 e. The third-order valence-electron chi connectivity index (χ3n) is 23.3. The van der Waals surface area contributed by atoms with Gasteiger partial charge in [0.15, 0.2) is 0 Å². The molecular weight excluding hydrogens is 1450 g/mol. The number of aromatic nitrogens is 12. The minimum absolute atomic E-state index is 0.568. The van der Waals surface area contributed by atoms with Crippen LogP contribution in [0.5, 0.6) is 0 Å². The van der Waals surface area contributed by atoms with Crippen LogP contribution in [0.2, 0.25) is 0 Å². The molecule has 14 aromatic carbocycles. The van der Waals surface area contributed by atoms with Crippen molar-refractivity contribution in [2.45, 2.75) is 0 Å². The molecule has 0 fully saturated rings. The van der Waals surface area contributed by atoms with Gasteiger partial charge >= 0.3 is 0 Å². The van der Waals surface area contributed by atoms with Crippen molar-refractivity contribution in [1.82, 2.24) is 58.1 Å². The molecule has 0 unspecified atom stereocenters. The molecule has 0 aliphatic carbocycles. The monoisotopic (exact) mass is 1510 g/mol. The predicted molar refractivity (Wildman–Crippen MR) is 481 cm³/mol. The van der Waals surface area contributed by atoms with Crippen LogP contribution in [0.1, 0.15) is 0 Å². The second-order valence-corrected chi connectivity index (χ2v) is 30.8. The molecule has 0 atom stereocenters. The second kappa shape index (κ2) is 26.5. The van der Waals surface area contributed by atoms with Gasteiger partial charge in [-0.3, -0.25) is 29.1 Å². The first kappa shape index (κ1) is 66.0. The third-order valence-corrected chi connectivity index (χ3v) is 24.4. The maximum absolute atomic E-state index is 5.16. The third kappa shape index (κ3) is 10.6. The van der Waals surface area contributed by atoms with E-state index in [2.05, 4.69) is 305 Å². The molecule has 0 spiro atoms. The number of rotatable bonds is 11. The predicted octanol–water partition coefficient (Wildman–Crippen LogP) is 26.1. The number of benzene rings is 14. The number of para-hydroxylation sites is 2. The highest BCUT2D eigenvalue weighted by Gasteiger charge is 2.26. The Balaban J connectivity index is 0.000000134. The van der Waals surface area contributed by atoms with Crippen LogP contribution in [0.4, 0.5) is 0 Å². The molecular formula is C104H62N12S.